The quantitative estimate of drug-likeness (QED) is 0.700. The molecule has 0 saturated carbocycles. The second-order valence-corrected chi connectivity index (χ2v) is 6.05. The fourth-order valence-corrected chi connectivity index (χ4v) is 2.75. The number of ether oxygens (including phenoxy) is 2. The summed E-state index contributed by atoms with van der Waals surface area (Å²) in [6.45, 7) is 3.86. The molecule has 1 aromatic carbocycles. The van der Waals surface area contributed by atoms with E-state index in [9.17, 15) is 13.2 Å². The number of aliphatic carboxylic acids is 1. The number of carboxylic acids is 1. The molecule has 0 aliphatic heterocycles. The largest absolute Gasteiger partial charge is 0.482 e. The summed E-state index contributed by atoms with van der Waals surface area (Å²) in [5.74, 6) is -0.808. The SMILES string of the molecule is CCOCC(C)NS(=O)(=O)c1ccc(OCC(=O)O)cc1. The molecule has 0 heterocycles. The minimum atomic E-state index is -3.64. The molecule has 0 bridgehead atoms. The first kappa shape index (κ1) is 17.4. The van der Waals surface area contributed by atoms with E-state index in [4.69, 9.17) is 14.6 Å². The lowest BCUT2D eigenvalue weighted by atomic mass is 10.3. The lowest BCUT2D eigenvalue weighted by Gasteiger charge is -2.14. The first-order valence-corrected chi connectivity index (χ1v) is 7.88. The zero-order valence-electron chi connectivity index (χ0n) is 11.9. The Bertz CT molecular complexity index is 555. The summed E-state index contributed by atoms with van der Waals surface area (Å²) in [7, 11) is -3.64. The summed E-state index contributed by atoms with van der Waals surface area (Å²) in [6.07, 6.45) is 0. The summed E-state index contributed by atoms with van der Waals surface area (Å²) < 4.78 is 36.7. The molecular weight excluding hydrogens is 298 g/mol. The van der Waals surface area contributed by atoms with Crippen LogP contribution >= 0.6 is 0 Å². The van der Waals surface area contributed by atoms with Crippen LogP contribution in [0.15, 0.2) is 29.2 Å². The van der Waals surface area contributed by atoms with Gasteiger partial charge < -0.3 is 14.6 Å². The van der Waals surface area contributed by atoms with Gasteiger partial charge in [-0.25, -0.2) is 17.9 Å². The Morgan fingerprint density at radius 2 is 1.95 bits per heavy atom. The number of carbonyl (C=O) groups is 1. The maximum Gasteiger partial charge on any atom is 0.341 e. The highest BCUT2D eigenvalue weighted by atomic mass is 32.2. The topological polar surface area (TPSA) is 102 Å². The molecule has 0 aliphatic carbocycles. The maximum absolute atomic E-state index is 12.1. The minimum Gasteiger partial charge on any atom is -0.482 e. The van der Waals surface area contributed by atoms with Gasteiger partial charge in [0.25, 0.3) is 0 Å². The van der Waals surface area contributed by atoms with E-state index in [-0.39, 0.29) is 17.5 Å². The fraction of sp³-hybridized carbons (Fsp3) is 0.462. The van der Waals surface area contributed by atoms with Crippen molar-refractivity contribution in [2.75, 3.05) is 19.8 Å². The van der Waals surface area contributed by atoms with Crippen LogP contribution in [0.2, 0.25) is 0 Å². The van der Waals surface area contributed by atoms with E-state index in [1.807, 2.05) is 6.92 Å². The predicted molar refractivity (Wildman–Crippen MR) is 75.8 cm³/mol. The highest BCUT2D eigenvalue weighted by molar-refractivity contribution is 7.89. The Morgan fingerprint density at radius 1 is 1.33 bits per heavy atom. The van der Waals surface area contributed by atoms with Crippen LogP contribution in [0.4, 0.5) is 0 Å². The average molecular weight is 317 g/mol. The van der Waals surface area contributed by atoms with E-state index in [1.54, 1.807) is 6.92 Å². The second kappa shape index (κ2) is 7.96. The average Bonchev–Trinajstić information content (AvgIpc) is 2.43. The molecule has 0 amide bonds. The van der Waals surface area contributed by atoms with Crippen molar-refractivity contribution >= 4 is 16.0 Å². The van der Waals surface area contributed by atoms with Gasteiger partial charge in [-0.05, 0) is 38.1 Å². The van der Waals surface area contributed by atoms with Gasteiger partial charge in [0, 0.05) is 12.6 Å². The van der Waals surface area contributed by atoms with Crippen molar-refractivity contribution in [2.45, 2.75) is 24.8 Å². The van der Waals surface area contributed by atoms with Gasteiger partial charge in [-0.3, -0.25) is 0 Å². The summed E-state index contributed by atoms with van der Waals surface area (Å²) in [6, 6.07) is 5.17. The molecule has 2 N–H and O–H groups in total. The van der Waals surface area contributed by atoms with Crippen molar-refractivity contribution in [1.82, 2.24) is 4.72 Å². The van der Waals surface area contributed by atoms with Crippen LogP contribution in [0.3, 0.4) is 0 Å². The number of benzene rings is 1. The molecule has 0 aliphatic rings. The van der Waals surface area contributed by atoms with Crippen molar-refractivity contribution in [3.8, 4) is 5.75 Å². The first-order chi connectivity index (χ1) is 9.85. The van der Waals surface area contributed by atoms with Gasteiger partial charge in [-0.15, -0.1) is 0 Å². The fourth-order valence-electron chi connectivity index (χ4n) is 1.52. The lowest BCUT2D eigenvalue weighted by molar-refractivity contribution is -0.139. The highest BCUT2D eigenvalue weighted by Crippen LogP contribution is 2.16. The van der Waals surface area contributed by atoms with Crippen molar-refractivity contribution in [3.63, 3.8) is 0 Å². The predicted octanol–water partition coefficient (Wildman–Crippen LogP) is 0.853. The molecule has 1 aromatic rings. The van der Waals surface area contributed by atoms with Gasteiger partial charge in [0.2, 0.25) is 10.0 Å². The van der Waals surface area contributed by atoms with Gasteiger partial charge in [-0.2, -0.15) is 0 Å². The van der Waals surface area contributed by atoms with Crippen LogP contribution in [-0.4, -0.2) is 45.4 Å². The Balaban J connectivity index is 2.68. The van der Waals surface area contributed by atoms with Gasteiger partial charge in [0.1, 0.15) is 5.75 Å². The molecule has 0 radical (unpaired) electrons. The van der Waals surface area contributed by atoms with Crippen LogP contribution in [0, 0.1) is 0 Å². The van der Waals surface area contributed by atoms with Crippen molar-refractivity contribution in [2.24, 2.45) is 0 Å². The number of hydrogen-bond acceptors (Lipinski definition) is 5. The third-order valence-corrected chi connectivity index (χ3v) is 4.03. The Labute approximate surface area is 123 Å². The smallest absolute Gasteiger partial charge is 0.341 e. The number of rotatable bonds is 9. The van der Waals surface area contributed by atoms with Crippen LogP contribution in [0.1, 0.15) is 13.8 Å². The zero-order chi connectivity index (χ0) is 15.9. The molecule has 8 heteroatoms. The first-order valence-electron chi connectivity index (χ1n) is 6.40. The maximum atomic E-state index is 12.1. The standard InChI is InChI=1S/C13H19NO6S/c1-3-19-8-10(2)14-21(17,18)12-6-4-11(5-7-12)20-9-13(15)16/h4-7,10,14H,3,8-9H2,1-2H3,(H,15,16). The Kier molecular flexibility index (Phi) is 6.60. The third-order valence-electron chi connectivity index (χ3n) is 2.42. The molecule has 1 unspecified atom stereocenters. The monoisotopic (exact) mass is 317 g/mol. The molecule has 1 atom stereocenters. The van der Waals surface area contributed by atoms with Gasteiger partial charge >= 0.3 is 5.97 Å². The lowest BCUT2D eigenvalue weighted by Crippen LogP contribution is -2.35. The van der Waals surface area contributed by atoms with E-state index in [2.05, 4.69) is 4.72 Å². The summed E-state index contributed by atoms with van der Waals surface area (Å²) in [4.78, 5) is 10.4. The summed E-state index contributed by atoms with van der Waals surface area (Å²) in [5.41, 5.74) is 0. The van der Waals surface area contributed by atoms with Gasteiger partial charge in [0.15, 0.2) is 6.61 Å². The molecule has 7 nitrogen and oxygen atoms in total. The zero-order valence-corrected chi connectivity index (χ0v) is 12.7. The summed E-state index contributed by atoms with van der Waals surface area (Å²) in [5, 5.41) is 8.49. The molecule has 1 rings (SSSR count). The van der Waals surface area contributed by atoms with Crippen molar-refractivity contribution < 1.29 is 27.8 Å². The van der Waals surface area contributed by atoms with E-state index in [1.165, 1.54) is 24.3 Å². The number of sulfonamides is 1. The number of nitrogens with one attached hydrogen (secondary N) is 1. The van der Waals surface area contributed by atoms with Gasteiger partial charge in [-0.1, -0.05) is 0 Å². The molecule has 21 heavy (non-hydrogen) atoms. The van der Waals surface area contributed by atoms with E-state index < -0.39 is 22.6 Å². The Hall–Kier alpha value is -1.64. The van der Waals surface area contributed by atoms with Crippen LogP contribution in [-0.2, 0) is 19.6 Å². The van der Waals surface area contributed by atoms with Gasteiger partial charge in [0.05, 0.1) is 11.5 Å². The number of carboxylic acid groups (broad SMARTS) is 1. The Morgan fingerprint density at radius 3 is 2.48 bits per heavy atom. The highest BCUT2D eigenvalue weighted by Gasteiger charge is 2.17. The van der Waals surface area contributed by atoms with E-state index in [0.29, 0.717) is 12.4 Å². The van der Waals surface area contributed by atoms with Crippen LogP contribution in [0.25, 0.3) is 0 Å². The second-order valence-electron chi connectivity index (χ2n) is 4.34. The molecular formula is C13H19NO6S. The van der Waals surface area contributed by atoms with Crippen LogP contribution < -0.4 is 9.46 Å². The van der Waals surface area contributed by atoms with Crippen molar-refractivity contribution in [3.05, 3.63) is 24.3 Å². The third kappa shape index (κ3) is 6.11. The van der Waals surface area contributed by atoms with Crippen molar-refractivity contribution in [1.29, 1.82) is 0 Å². The van der Waals surface area contributed by atoms with E-state index >= 15 is 0 Å². The number of hydrogen-bond donors (Lipinski definition) is 2. The normalized spacial score (nSPS) is 12.9. The molecule has 0 aromatic heterocycles. The van der Waals surface area contributed by atoms with Crippen LogP contribution in [0.5, 0.6) is 5.75 Å². The summed E-state index contributed by atoms with van der Waals surface area (Å²) >= 11 is 0. The van der Waals surface area contributed by atoms with E-state index in [0.717, 1.165) is 0 Å². The molecule has 0 fully saturated rings. The molecule has 0 spiro atoms. The minimum absolute atomic E-state index is 0.0773. The molecule has 118 valence electrons. The molecule has 0 saturated heterocycles.